The second-order valence-corrected chi connectivity index (χ2v) is 6.25. The molecule has 112 valence electrons. The van der Waals surface area contributed by atoms with Gasteiger partial charge in [0.1, 0.15) is 16.7 Å². The van der Waals surface area contributed by atoms with Crippen molar-refractivity contribution in [3.8, 4) is 11.5 Å². The Kier molecular flexibility index (Phi) is 4.05. The van der Waals surface area contributed by atoms with Crippen molar-refractivity contribution in [2.75, 3.05) is 13.2 Å². The van der Waals surface area contributed by atoms with Crippen LogP contribution in [0.4, 0.5) is 4.79 Å². The molecular formula is C15H17NO4S. The van der Waals surface area contributed by atoms with E-state index in [0.717, 1.165) is 41.7 Å². The van der Waals surface area contributed by atoms with E-state index in [9.17, 15) is 9.59 Å². The number of imide groups is 1. The van der Waals surface area contributed by atoms with Crippen LogP contribution in [0.5, 0.6) is 11.5 Å². The SMILES string of the molecule is CCCCOc1ccc2c(c1)OCC2C1SC(=O)NC1=O. The summed E-state index contributed by atoms with van der Waals surface area (Å²) in [7, 11) is 0. The van der Waals surface area contributed by atoms with Gasteiger partial charge in [-0.2, -0.15) is 0 Å². The Morgan fingerprint density at radius 3 is 3.00 bits per heavy atom. The van der Waals surface area contributed by atoms with Crippen LogP contribution in [0, 0.1) is 0 Å². The first-order valence-corrected chi connectivity index (χ1v) is 7.98. The number of nitrogens with one attached hydrogen (secondary N) is 1. The van der Waals surface area contributed by atoms with Crippen molar-refractivity contribution in [1.29, 1.82) is 0 Å². The minimum absolute atomic E-state index is 0.0823. The molecule has 5 nitrogen and oxygen atoms in total. The number of fused-ring (bicyclic) bond motifs is 1. The van der Waals surface area contributed by atoms with E-state index >= 15 is 0 Å². The van der Waals surface area contributed by atoms with Crippen LogP contribution in [0.25, 0.3) is 0 Å². The maximum absolute atomic E-state index is 11.8. The lowest BCUT2D eigenvalue weighted by atomic mass is 9.97. The predicted octanol–water partition coefficient (Wildman–Crippen LogP) is 2.69. The fourth-order valence-corrected chi connectivity index (χ4v) is 3.47. The van der Waals surface area contributed by atoms with E-state index in [2.05, 4.69) is 12.2 Å². The van der Waals surface area contributed by atoms with Crippen LogP contribution in [0.2, 0.25) is 0 Å². The topological polar surface area (TPSA) is 64.6 Å². The highest BCUT2D eigenvalue weighted by Crippen LogP contribution is 2.43. The molecular weight excluding hydrogens is 290 g/mol. The third-order valence-corrected chi connectivity index (χ3v) is 4.77. The van der Waals surface area contributed by atoms with Gasteiger partial charge in [-0.3, -0.25) is 14.9 Å². The number of rotatable bonds is 5. The first kappa shape index (κ1) is 14.3. The van der Waals surface area contributed by atoms with E-state index in [1.54, 1.807) is 0 Å². The van der Waals surface area contributed by atoms with Gasteiger partial charge in [-0.25, -0.2) is 0 Å². The van der Waals surface area contributed by atoms with Crippen molar-refractivity contribution in [2.24, 2.45) is 0 Å². The number of thioether (sulfide) groups is 1. The van der Waals surface area contributed by atoms with Crippen LogP contribution in [-0.4, -0.2) is 29.6 Å². The van der Waals surface area contributed by atoms with Gasteiger partial charge in [-0.05, 0) is 12.5 Å². The minimum atomic E-state index is -0.398. The quantitative estimate of drug-likeness (QED) is 0.847. The summed E-state index contributed by atoms with van der Waals surface area (Å²) in [4.78, 5) is 23.1. The maximum atomic E-state index is 11.8. The maximum Gasteiger partial charge on any atom is 0.286 e. The highest BCUT2D eigenvalue weighted by atomic mass is 32.2. The summed E-state index contributed by atoms with van der Waals surface area (Å²) < 4.78 is 11.3. The van der Waals surface area contributed by atoms with Gasteiger partial charge in [0.05, 0.1) is 13.2 Å². The number of hydrogen-bond acceptors (Lipinski definition) is 5. The first-order chi connectivity index (χ1) is 10.2. The van der Waals surface area contributed by atoms with Gasteiger partial charge in [0.2, 0.25) is 5.91 Å². The number of benzene rings is 1. The van der Waals surface area contributed by atoms with E-state index in [-0.39, 0.29) is 17.1 Å². The number of ether oxygens (including phenoxy) is 2. The summed E-state index contributed by atoms with van der Waals surface area (Å²) >= 11 is 1.04. The minimum Gasteiger partial charge on any atom is -0.493 e. The molecule has 1 fully saturated rings. The normalized spacial score (nSPS) is 23.7. The number of hydrogen-bond donors (Lipinski definition) is 1. The molecule has 0 bridgehead atoms. The molecule has 2 atom stereocenters. The molecule has 0 saturated carbocycles. The smallest absolute Gasteiger partial charge is 0.286 e. The second-order valence-electron chi connectivity index (χ2n) is 5.13. The Balaban J connectivity index is 1.74. The Labute approximate surface area is 127 Å². The van der Waals surface area contributed by atoms with Crippen molar-refractivity contribution in [3.05, 3.63) is 23.8 Å². The number of carbonyl (C=O) groups excluding carboxylic acids is 2. The largest absolute Gasteiger partial charge is 0.493 e. The summed E-state index contributed by atoms with van der Waals surface area (Å²) in [5.41, 5.74) is 0.972. The standard InChI is InChI=1S/C15H17NO4S/c1-2-3-6-19-9-4-5-10-11(8-20-12(10)7-9)13-14(17)16-15(18)21-13/h4-5,7,11,13H,2-3,6,8H2,1H3,(H,16,17,18). The number of carbonyl (C=O) groups is 2. The van der Waals surface area contributed by atoms with Crippen LogP contribution in [0.15, 0.2) is 18.2 Å². The zero-order valence-electron chi connectivity index (χ0n) is 11.8. The molecule has 2 heterocycles. The molecule has 2 unspecified atom stereocenters. The zero-order valence-corrected chi connectivity index (χ0v) is 12.6. The van der Waals surface area contributed by atoms with Crippen molar-refractivity contribution in [1.82, 2.24) is 5.32 Å². The van der Waals surface area contributed by atoms with Crippen LogP contribution in [0.3, 0.4) is 0 Å². The predicted molar refractivity (Wildman–Crippen MR) is 80.0 cm³/mol. The lowest BCUT2D eigenvalue weighted by Gasteiger charge is -2.13. The molecule has 21 heavy (non-hydrogen) atoms. The van der Waals surface area contributed by atoms with Gasteiger partial charge < -0.3 is 9.47 Å². The van der Waals surface area contributed by atoms with Crippen molar-refractivity contribution in [2.45, 2.75) is 30.9 Å². The van der Waals surface area contributed by atoms with Crippen LogP contribution < -0.4 is 14.8 Å². The molecule has 2 aliphatic heterocycles. The average molecular weight is 307 g/mol. The van der Waals surface area contributed by atoms with Crippen LogP contribution >= 0.6 is 11.8 Å². The van der Waals surface area contributed by atoms with Gasteiger partial charge in [0.25, 0.3) is 5.24 Å². The third-order valence-electron chi connectivity index (χ3n) is 3.65. The Morgan fingerprint density at radius 2 is 2.29 bits per heavy atom. The van der Waals surface area contributed by atoms with Crippen molar-refractivity contribution >= 4 is 22.9 Å². The molecule has 0 aromatic heterocycles. The molecule has 2 amide bonds. The molecule has 0 radical (unpaired) electrons. The summed E-state index contributed by atoms with van der Waals surface area (Å²) in [5, 5.41) is 1.65. The molecule has 3 rings (SSSR count). The van der Waals surface area contributed by atoms with E-state index in [1.165, 1.54) is 0 Å². The van der Waals surface area contributed by atoms with E-state index in [1.807, 2.05) is 18.2 Å². The average Bonchev–Trinajstić information content (AvgIpc) is 3.01. The molecule has 1 N–H and O–H groups in total. The van der Waals surface area contributed by atoms with Crippen molar-refractivity contribution < 1.29 is 19.1 Å². The molecule has 1 aromatic rings. The summed E-state index contributed by atoms with van der Waals surface area (Å²) in [6.07, 6.45) is 2.10. The zero-order chi connectivity index (χ0) is 14.8. The molecule has 6 heteroatoms. The fraction of sp³-hybridized carbons (Fsp3) is 0.467. The lowest BCUT2D eigenvalue weighted by molar-refractivity contribution is -0.119. The Hall–Kier alpha value is -1.69. The lowest BCUT2D eigenvalue weighted by Crippen LogP contribution is -2.29. The van der Waals surface area contributed by atoms with Gasteiger partial charge in [0.15, 0.2) is 0 Å². The van der Waals surface area contributed by atoms with Gasteiger partial charge >= 0.3 is 0 Å². The molecule has 0 aliphatic carbocycles. The van der Waals surface area contributed by atoms with Gasteiger partial charge in [-0.15, -0.1) is 0 Å². The highest BCUT2D eigenvalue weighted by Gasteiger charge is 2.42. The molecule has 1 saturated heterocycles. The van der Waals surface area contributed by atoms with Gasteiger partial charge in [0, 0.05) is 17.5 Å². The van der Waals surface area contributed by atoms with E-state index in [0.29, 0.717) is 13.2 Å². The van der Waals surface area contributed by atoms with Crippen LogP contribution in [-0.2, 0) is 4.79 Å². The highest BCUT2D eigenvalue weighted by molar-refractivity contribution is 8.15. The molecule has 1 aromatic carbocycles. The van der Waals surface area contributed by atoms with E-state index in [4.69, 9.17) is 9.47 Å². The number of unbranched alkanes of at least 4 members (excludes halogenated alkanes) is 1. The van der Waals surface area contributed by atoms with Crippen LogP contribution in [0.1, 0.15) is 31.2 Å². The molecule has 2 aliphatic rings. The Bertz CT molecular complexity index is 575. The summed E-state index contributed by atoms with van der Waals surface area (Å²) in [6.45, 7) is 3.23. The second kappa shape index (κ2) is 5.97. The van der Waals surface area contributed by atoms with Crippen molar-refractivity contribution in [3.63, 3.8) is 0 Å². The third kappa shape index (κ3) is 2.85. The van der Waals surface area contributed by atoms with E-state index < -0.39 is 5.25 Å². The molecule has 0 spiro atoms. The summed E-state index contributed by atoms with van der Waals surface area (Å²) in [6, 6.07) is 5.70. The monoisotopic (exact) mass is 307 g/mol. The number of amides is 2. The van der Waals surface area contributed by atoms with Gasteiger partial charge in [-0.1, -0.05) is 31.2 Å². The Morgan fingerprint density at radius 1 is 1.43 bits per heavy atom. The fourth-order valence-electron chi connectivity index (χ4n) is 2.52. The first-order valence-electron chi connectivity index (χ1n) is 7.10. The summed E-state index contributed by atoms with van der Waals surface area (Å²) in [5.74, 6) is 1.22.